The zero-order valence-corrected chi connectivity index (χ0v) is 11.9. The SMILES string of the molecule is Cn1c(-c2ccc(S(C)(=O)=O)cc2)nc2ncccc21. The minimum absolute atomic E-state index is 0.304. The molecule has 20 heavy (non-hydrogen) atoms. The second kappa shape index (κ2) is 4.42. The molecular weight excluding hydrogens is 274 g/mol. The number of aromatic nitrogens is 3. The van der Waals surface area contributed by atoms with Crippen LogP contribution in [-0.2, 0) is 16.9 Å². The van der Waals surface area contributed by atoms with E-state index in [9.17, 15) is 8.42 Å². The van der Waals surface area contributed by atoms with Gasteiger partial charge in [0, 0.05) is 25.1 Å². The maximum atomic E-state index is 11.5. The molecule has 0 saturated carbocycles. The number of pyridine rings is 1. The maximum Gasteiger partial charge on any atom is 0.178 e. The van der Waals surface area contributed by atoms with Gasteiger partial charge < -0.3 is 4.57 Å². The summed E-state index contributed by atoms with van der Waals surface area (Å²) in [5.74, 6) is 0.763. The third-order valence-electron chi connectivity index (χ3n) is 3.20. The molecule has 0 radical (unpaired) electrons. The first kappa shape index (κ1) is 12.8. The second-order valence-corrected chi connectivity index (χ2v) is 6.65. The molecule has 0 aliphatic carbocycles. The molecule has 2 heterocycles. The van der Waals surface area contributed by atoms with Crippen LogP contribution in [0.25, 0.3) is 22.6 Å². The monoisotopic (exact) mass is 287 g/mol. The number of hydrogen-bond acceptors (Lipinski definition) is 4. The van der Waals surface area contributed by atoms with E-state index in [0.717, 1.165) is 16.9 Å². The van der Waals surface area contributed by atoms with Crippen LogP contribution < -0.4 is 0 Å². The number of sulfone groups is 1. The summed E-state index contributed by atoms with van der Waals surface area (Å²) in [6.07, 6.45) is 2.90. The summed E-state index contributed by atoms with van der Waals surface area (Å²) < 4.78 is 24.9. The van der Waals surface area contributed by atoms with Crippen molar-refractivity contribution in [1.29, 1.82) is 0 Å². The molecule has 0 saturated heterocycles. The van der Waals surface area contributed by atoms with Crippen LogP contribution in [0.5, 0.6) is 0 Å². The summed E-state index contributed by atoms with van der Waals surface area (Å²) in [4.78, 5) is 9.00. The van der Waals surface area contributed by atoms with Gasteiger partial charge >= 0.3 is 0 Å². The fraction of sp³-hybridized carbons (Fsp3) is 0.143. The van der Waals surface area contributed by atoms with E-state index < -0.39 is 9.84 Å². The number of aryl methyl sites for hydroxylation is 1. The van der Waals surface area contributed by atoms with E-state index in [-0.39, 0.29) is 0 Å². The molecule has 0 aliphatic heterocycles. The largest absolute Gasteiger partial charge is 0.326 e. The molecule has 1 aromatic carbocycles. The standard InChI is InChI=1S/C14H13N3O2S/c1-17-12-4-3-9-15-13(12)16-14(17)10-5-7-11(8-6-10)20(2,18)19/h3-9H,1-2H3. The van der Waals surface area contributed by atoms with Crippen molar-refractivity contribution >= 4 is 21.0 Å². The lowest BCUT2D eigenvalue weighted by Gasteiger charge is -2.03. The van der Waals surface area contributed by atoms with Crippen molar-refractivity contribution in [2.45, 2.75) is 4.90 Å². The van der Waals surface area contributed by atoms with Crippen molar-refractivity contribution in [3.8, 4) is 11.4 Å². The number of hydrogen-bond donors (Lipinski definition) is 0. The van der Waals surface area contributed by atoms with Crippen LogP contribution in [0.2, 0.25) is 0 Å². The Morgan fingerprint density at radius 2 is 1.80 bits per heavy atom. The first-order valence-corrected chi connectivity index (χ1v) is 7.94. The molecule has 0 atom stereocenters. The highest BCUT2D eigenvalue weighted by molar-refractivity contribution is 7.90. The lowest BCUT2D eigenvalue weighted by atomic mass is 10.2. The fourth-order valence-electron chi connectivity index (χ4n) is 2.14. The van der Waals surface area contributed by atoms with Gasteiger partial charge in [0.2, 0.25) is 0 Å². The molecule has 0 bridgehead atoms. The minimum Gasteiger partial charge on any atom is -0.326 e. The van der Waals surface area contributed by atoms with Crippen LogP contribution in [0, 0.1) is 0 Å². The quantitative estimate of drug-likeness (QED) is 0.723. The molecule has 0 amide bonds. The van der Waals surface area contributed by atoms with Gasteiger partial charge in [-0.1, -0.05) is 0 Å². The summed E-state index contributed by atoms with van der Waals surface area (Å²) >= 11 is 0. The number of rotatable bonds is 2. The van der Waals surface area contributed by atoms with Crippen LogP contribution in [0.1, 0.15) is 0 Å². The van der Waals surface area contributed by atoms with Gasteiger partial charge in [0.15, 0.2) is 15.5 Å². The smallest absolute Gasteiger partial charge is 0.178 e. The van der Waals surface area contributed by atoms with Gasteiger partial charge in [-0.2, -0.15) is 0 Å². The Bertz CT molecular complexity index is 880. The first-order valence-electron chi connectivity index (χ1n) is 6.05. The summed E-state index contributed by atoms with van der Waals surface area (Å²) in [5, 5.41) is 0. The second-order valence-electron chi connectivity index (χ2n) is 4.64. The van der Waals surface area contributed by atoms with Crippen molar-refractivity contribution in [2.24, 2.45) is 7.05 Å². The molecule has 3 rings (SSSR count). The number of nitrogens with zero attached hydrogens (tertiary/aromatic N) is 3. The highest BCUT2D eigenvalue weighted by Gasteiger charge is 2.12. The molecule has 0 spiro atoms. The normalized spacial score (nSPS) is 11.9. The van der Waals surface area contributed by atoms with E-state index in [1.165, 1.54) is 6.26 Å². The van der Waals surface area contributed by atoms with Crippen molar-refractivity contribution in [1.82, 2.24) is 14.5 Å². The summed E-state index contributed by atoms with van der Waals surface area (Å²) in [7, 11) is -1.26. The first-order chi connectivity index (χ1) is 9.47. The summed E-state index contributed by atoms with van der Waals surface area (Å²) in [5.41, 5.74) is 2.48. The van der Waals surface area contributed by atoms with E-state index in [1.54, 1.807) is 30.5 Å². The Balaban J connectivity index is 2.14. The topological polar surface area (TPSA) is 64.8 Å². The third-order valence-corrected chi connectivity index (χ3v) is 4.33. The molecule has 6 heteroatoms. The van der Waals surface area contributed by atoms with Gasteiger partial charge in [-0.05, 0) is 36.4 Å². The van der Waals surface area contributed by atoms with Gasteiger partial charge in [-0.25, -0.2) is 18.4 Å². The van der Waals surface area contributed by atoms with E-state index in [4.69, 9.17) is 0 Å². The van der Waals surface area contributed by atoms with Crippen LogP contribution in [-0.4, -0.2) is 29.2 Å². The predicted octanol–water partition coefficient (Wildman–Crippen LogP) is 2.04. The molecule has 2 aromatic heterocycles. The Morgan fingerprint density at radius 1 is 1.10 bits per heavy atom. The average molecular weight is 287 g/mol. The molecular formula is C14H13N3O2S. The van der Waals surface area contributed by atoms with Gasteiger partial charge in [0.05, 0.1) is 10.4 Å². The Hall–Kier alpha value is -2.21. The molecule has 3 aromatic rings. The molecule has 0 aliphatic rings. The van der Waals surface area contributed by atoms with E-state index in [1.807, 2.05) is 23.7 Å². The van der Waals surface area contributed by atoms with Crippen molar-refractivity contribution < 1.29 is 8.42 Å². The van der Waals surface area contributed by atoms with Crippen LogP contribution in [0.4, 0.5) is 0 Å². The highest BCUT2D eigenvalue weighted by atomic mass is 32.2. The average Bonchev–Trinajstić information content (AvgIpc) is 2.76. The summed E-state index contributed by atoms with van der Waals surface area (Å²) in [6.45, 7) is 0. The molecule has 0 N–H and O–H groups in total. The van der Waals surface area contributed by atoms with Gasteiger partial charge in [0.1, 0.15) is 5.82 Å². The highest BCUT2D eigenvalue weighted by Crippen LogP contribution is 2.23. The fourth-order valence-corrected chi connectivity index (χ4v) is 2.77. The third kappa shape index (κ3) is 2.08. The molecule has 5 nitrogen and oxygen atoms in total. The minimum atomic E-state index is -3.18. The van der Waals surface area contributed by atoms with Crippen LogP contribution in [0.15, 0.2) is 47.5 Å². The van der Waals surface area contributed by atoms with Gasteiger partial charge in [0.25, 0.3) is 0 Å². The molecule has 102 valence electrons. The van der Waals surface area contributed by atoms with Gasteiger partial charge in [-0.3, -0.25) is 0 Å². The van der Waals surface area contributed by atoms with Crippen LogP contribution >= 0.6 is 0 Å². The van der Waals surface area contributed by atoms with E-state index >= 15 is 0 Å². The molecule has 0 unspecified atom stereocenters. The Labute approximate surface area is 116 Å². The van der Waals surface area contributed by atoms with Gasteiger partial charge in [-0.15, -0.1) is 0 Å². The van der Waals surface area contributed by atoms with Crippen molar-refractivity contribution in [2.75, 3.05) is 6.26 Å². The maximum absolute atomic E-state index is 11.5. The lowest BCUT2D eigenvalue weighted by Crippen LogP contribution is -1.97. The molecule has 0 fully saturated rings. The zero-order chi connectivity index (χ0) is 14.3. The summed E-state index contributed by atoms with van der Waals surface area (Å²) in [6, 6.07) is 10.5. The Morgan fingerprint density at radius 3 is 2.40 bits per heavy atom. The van der Waals surface area contributed by atoms with Crippen LogP contribution in [0.3, 0.4) is 0 Å². The zero-order valence-electron chi connectivity index (χ0n) is 11.1. The van der Waals surface area contributed by atoms with E-state index in [0.29, 0.717) is 10.5 Å². The van der Waals surface area contributed by atoms with Crippen molar-refractivity contribution in [3.05, 3.63) is 42.6 Å². The predicted molar refractivity (Wildman–Crippen MR) is 77.1 cm³/mol. The number of benzene rings is 1. The number of imidazole rings is 1. The lowest BCUT2D eigenvalue weighted by molar-refractivity contribution is 0.602. The van der Waals surface area contributed by atoms with Crippen molar-refractivity contribution in [3.63, 3.8) is 0 Å². The van der Waals surface area contributed by atoms with E-state index in [2.05, 4.69) is 9.97 Å². The Kier molecular flexibility index (Phi) is 2.83. The number of fused-ring (bicyclic) bond motifs is 1.